The summed E-state index contributed by atoms with van der Waals surface area (Å²) in [7, 11) is -1.14. The van der Waals surface area contributed by atoms with Crippen LogP contribution in [0.15, 0.2) is 59.5 Å². The molecule has 0 aliphatic rings. The highest BCUT2D eigenvalue weighted by molar-refractivity contribution is 7.99. The zero-order valence-electron chi connectivity index (χ0n) is 15.1. The summed E-state index contributed by atoms with van der Waals surface area (Å²) in [6, 6.07) is 14.7. The summed E-state index contributed by atoms with van der Waals surface area (Å²) in [6.45, 7) is 0.0137. The normalized spacial score (nSPS) is 11.4. The van der Waals surface area contributed by atoms with Crippen LogP contribution in [0.1, 0.15) is 0 Å². The van der Waals surface area contributed by atoms with Gasteiger partial charge in [-0.3, -0.25) is 4.79 Å². The van der Waals surface area contributed by atoms with Gasteiger partial charge >= 0.3 is 10.2 Å². The smallest absolute Gasteiger partial charge is 0.304 e. The number of nitrogens with one attached hydrogen (secondary N) is 1. The minimum Gasteiger partial charge on any atom is -0.354 e. The van der Waals surface area contributed by atoms with Crippen molar-refractivity contribution in [1.29, 1.82) is 0 Å². The van der Waals surface area contributed by atoms with Crippen molar-refractivity contribution in [2.24, 2.45) is 0 Å². The van der Waals surface area contributed by atoms with E-state index in [2.05, 4.69) is 5.32 Å². The SMILES string of the molecule is CN(C)S(=O)(=O)N(CC(=O)NCCSc1ccccc1)c1ccc(F)cc1. The van der Waals surface area contributed by atoms with Crippen molar-refractivity contribution in [3.05, 3.63) is 60.4 Å². The third kappa shape index (κ3) is 6.23. The van der Waals surface area contributed by atoms with Gasteiger partial charge in [-0.1, -0.05) is 18.2 Å². The molecule has 0 saturated carbocycles. The summed E-state index contributed by atoms with van der Waals surface area (Å²) < 4.78 is 40.2. The molecule has 2 aromatic carbocycles. The fourth-order valence-corrected chi connectivity index (χ4v) is 4.03. The van der Waals surface area contributed by atoms with Gasteiger partial charge in [-0.25, -0.2) is 8.70 Å². The number of benzene rings is 2. The maximum absolute atomic E-state index is 13.2. The standard InChI is InChI=1S/C18H22FN3O3S2/c1-21(2)27(24,25)22(16-10-8-15(19)9-11-16)14-18(23)20-12-13-26-17-6-4-3-5-7-17/h3-11H,12-14H2,1-2H3,(H,20,23). The van der Waals surface area contributed by atoms with Crippen LogP contribution in [0, 0.1) is 5.82 Å². The van der Waals surface area contributed by atoms with E-state index in [1.54, 1.807) is 11.8 Å². The van der Waals surface area contributed by atoms with Crippen LogP contribution in [0.2, 0.25) is 0 Å². The molecule has 0 spiro atoms. The number of nitrogens with zero attached hydrogens (tertiary/aromatic N) is 2. The first-order chi connectivity index (χ1) is 12.8. The molecule has 0 bridgehead atoms. The number of amides is 1. The number of hydrogen-bond donors (Lipinski definition) is 1. The number of rotatable bonds is 9. The van der Waals surface area contributed by atoms with E-state index in [-0.39, 0.29) is 12.2 Å². The monoisotopic (exact) mass is 411 g/mol. The van der Waals surface area contributed by atoms with Gasteiger partial charge in [-0.05, 0) is 36.4 Å². The van der Waals surface area contributed by atoms with Crippen molar-refractivity contribution >= 4 is 33.6 Å². The fraction of sp³-hybridized carbons (Fsp3) is 0.278. The van der Waals surface area contributed by atoms with Crippen LogP contribution in [0.4, 0.5) is 10.1 Å². The second-order valence-corrected chi connectivity index (χ2v) is 9.02. The molecule has 146 valence electrons. The van der Waals surface area contributed by atoms with Crippen LogP contribution in [0.25, 0.3) is 0 Å². The molecule has 0 atom stereocenters. The van der Waals surface area contributed by atoms with Crippen LogP contribution in [0.3, 0.4) is 0 Å². The lowest BCUT2D eigenvalue weighted by Gasteiger charge is -2.26. The molecule has 1 N–H and O–H groups in total. The van der Waals surface area contributed by atoms with Gasteiger partial charge < -0.3 is 5.32 Å². The molecule has 6 nitrogen and oxygen atoms in total. The Morgan fingerprint density at radius 3 is 2.30 bits per heavy atom. The van der Waals surface area contributed by atoms with Crippen molar-refractivity contribution in [3.8, 4) is 0 Å². The highest BCUT2D eigenvalue weighted by atomic mass is 32.2. The lowest BCUT2D eigenvalue weighted by molar-refractivity contribution is -0.119. The number of carbonyl (C=O) groups is 1. The Morgan fingerprint density at radius 1 is 1.07 bits per heavy atom. The summed E-state index contributed by atoms with van der Waals surface area (Å²) >= 11 is 1.59. The molecule has 0 aliphatic carbocycles. The lowest BCUT2D eigenvalue weighted by Crippen LogP contribution is -2.46. The first kappa shape index (κ1) is 21.2. The number of hydrogen-bond acceptors (Lipinski definition) is 4. The Hall–Kier alpha value is -2.10. The van der Waals surface area contributed by atoms with Gasteiger partial charge in [0.2, 0.25) is 5.91 Å². The first-order valence-electron chi connectivity index (χ1n) is 8.21. The number of anilines is 1. The van der Waals surface area contributed by atoms with Crippen LogP contribution in [0.5, 0.6) is 0 Å². The molecular weight excluding hydrogens is 389 g/mol. The molecule has 0 aliphatic heterocycles. The molecule has 9 heteroatoms. The maximum atomic E-state index is 13.2. The topological polar surface area (TPSA) is 69.7 Å². The second-order valence-electron chi connectivity index (χ2n) is 5.78. The summed E-state index contributed by atoms with van der Waals surface area (Å²) in [4.78, 5) is 13.3. The molecule has 0 saturated heterocycles. The highest BCUT2D eigenvalue weighted by Gasteiger charge is 2.27. The molecule has 2 rings (SSSR count). The quantitative estimate of drug-likeness (QED) is 0.508. The molecule has 27 heavy (non-hydrogen) atoms. The van der Waals surface area contributed by atoms with Crippen molar-refractivity contribution in [3.63, 3.8) is 0 Å². The fourth-order valence-electron chi connectivity index (χ4n) is 2.17. The van der Waals surface area contributed by atoms with Gasteiger partial charge in [0.25, 0.3) is 0 Å². The maximum Gasteiger partial charge on any atom is 0.304 e. The van der Waals surface area contributed by atoms with Gasteiger partial charge in [-0.2, -0.15) is 12.7 Å². The van der Waals surface area contributed by atoms with Gasteiger partial charge in [-0.15, -0.1) is 11.8 Å². The van der Waals surface area contributed by atoms with Crippen LogP contribution >= 0.6 is 11.8 Å². The van der Waals surface area contributed by atoms with E-state index in [9.17, 15) is 17.6 Å². The lowest BCUT2D eigenvalue weighted by atomic mass is 10.3. The van der Waals surface area contributed by atoms with Crippen molar-refractivity contribution < 1.29 is 17.6 Å². The Bertz CT molecular complexity index is 844. The largest absolute Gasteiger partial charge is 0.354 e. The molecule has 1 amide bonds. The zero-order chi connectivity index (χ0) is 19.9. The van der Waals surface area contributed by atoms with E-state index < -0.39 is 21.9 Å². The minimum atomic E-state index is -3.90. The third-order valence-corrected chi connectivity index (χ3v) is 6.41. The summed E-state index contributed by atoms with van der Waals surface area (Å²) in [6.07, 6.45) is 0. The Labute approximate surface area is 163 Å². The molecule has 0 unspecified atom stereocenters. The summed E-state index contributed by atoms with van der Waals surface area (Å²) in [5, 5.41) is 2.72. The van der Waals surface area contributed by atoms with Crippen LogP contribution < -0.4 is 9.62 Å². The molecule has 0 heterocycles. The van der Waals surface area contributed by atoms with Crippen LogP contribution in [-0.4, -0.2) is 51.6 Å². The van der Waals surface area contributed by atoms with Crippen LogP contribution in [-0.2, 0) is 15.0 Å². The molecular formula is C18H22FN3O3S2. The first-order valence-corrected chi connectivity index (χ1v) is 10.6. The molecule has 0 radical (unpaired) electrons. The number of halogens is 1. The van der Waals surface area contributed by atoms with E-state index >= 15 is 0 Å². The predicted octanol–water partition coefficient (Wildman–Crippen LogP) is 2.35. The molecule has 2 aromatic rings. The average Bonchev–Trinajstić information content (AvgIpc) is 2.65. The van der Waals surface area contributed by atoms with Gasteiger partial charge in [0.05, 0.1) is 5.69 Å². The molecule has 0 fully saturated rings. The summed E-state index contributed by atoms with van der Waals surface area (Å²) in [5.41, 5.74) is 0.221. The second kappa shape index (κ2) is 9.72. The Kier molecular flexibility index (Phi) is 7.64. The van der Waals surface area contributed by atoms with Crippen molar-refractivity contribution in [2.75, 3.05) is 37.2 Å². The average molecular weight is 412 g/mol. The Morgan fingerprint density at radius 2 is 1.70 bits per heavy atom. The predicted molar refractivity (Wildman–Crippen MR) is 107 cm³/mol. The highest BCUT2D eigenvalue weighted by Crippen LogP contribution is 2.20. The minimum absolute atomic E-state index is 0.221. The number of carbonyl (C=O) groups excluding carboxylic acids is 1. The van der Waals surface area contributed by atoms with E-state index in [1.165, 1.54) is 26.2 Å². The molecule has 0 aromatic heterocycles. The summed E-state index contributed by atoms with van der Waals surface area (Å²) in [5.74, 6) is -0.256. The van der Waals surface area contributed by atoms with Crippen molar-refractivity contribution in [1.82, 2.24) is 9.62 Å². The van der Waals surface area contributed by atoms with Gasteiger partial charge in [0.15, 0.2) is 0 Å². The third-order valence-electron chi connectivity index (χ3n) is 3.58. The zero-order valence-corrected chi connectivity index (χ0v) is 16.8. The van der Waals surface area contributed by atoms with Gasteiger partial charge in [0.1, 0.15) is 12.4 Å². The van der Waals surface area contributed by atoms with Gasteiger partial charge in [0, 0.05) is 31.3 Å². The van der Waals surface area contributed by atoms with E-state index in [0.717, 1.165) is 25.6 Å². The van der Waals surface area contributed by atoms with Crippen molar-refractivity contribution in [2.45, 2.75) is 4.90 Å². The number of thioether (sulfide) groups is 1. The Balaban J connectivity index is 1.98. The van der Waals surface area contributed by atoms with E-state index in [1.807, 2.05) is 30.3 Å². The van der Waals surface area contributed by atoms with E-state index in [0.29, 0.717) is 12.3 Å². The van der Waals surface area contributed by atoms with E-state index in [4.69, 9.17) is 0 Å².